The smallest absolute Gasteiger partial charge is 0.137 e. The highest BCUT2D eigenvalue weighted by molar-refractivity contribution is 5.64. The summed E-state index contributed by atoms with van der Waals surface area (Å²) in [6.45, 7) is 12.2. The second kappa shape index (κ2) is 9.41. The maximum Gasteiger partial charge on any atom is 0.137 e. The van der Waals surface area contributed by atoms with Crippen LogP contribution in [0.3, 0.4) is 0 Å². The molecule has 3 aromatic rings. The minimum Gasteiger partial charge on any atom is -0.393 e. The summed E-state index contributed by atoms with van der Waals surface area (Å²) in [7, 11) is 0. The largest absolute Gasteiger partial charge is 0.393 e. The first-order valence-corrected chi connectivity index (χ1v) is 9.33. The third-order valence-corrected chi connectivity index (χ3v) is 4.16. The van der Waals surface area contributed by atoms with Crippen LogP contribution < -0.4 is 0 Å². The molecule has 0 aliphatic carbocycles. The Bertz CT molecular complexity index is 980. The lowest BCUT2D eigenvalue weighted by molar-refractivity contribution is 0.194. The molecule has 0 aliphatic rings. The molecule has 1 N–H and O–H groups in total. The minimum absolute atomic E-state index is 0.255. The van der Waals surface area contributed by atoms with Gasteiger partial charge in [0.05, 0.1) is 23.2 Å². The van der Waals surface area contributed by atoms with Crippen LogP contribution in [-0.2, 0) is 6.42 Å². The van der Waals surface area contributed by atoms with Crippen LogP contribution in [0.5, 0.6) is 0 Å². The van der Waals surface area contributed by atoms with E-state index in [9.17, 15) is 9.50 Å². The maximum atomic E-state index is 13.7. The Labute approximate surface area is 165 Å². The number of fused-ring (bicyclic) bond motifs is 1. The van der Waals surface area contributed by atoms with Crippen molar-refractivity contribution in [3.63, 3.8) is 0 Å². The van der Waals surface area contributed by atoms with Gasteiger partial charge >= 0.3 is 0 Å². The first kappa shape index (κ1) is 21.5. The monoisotopic (exact) mass is 385 g/mol. The Kier molecular flexibility index (Phi) is 7.23. The Morgan fingerprint density at radius 1 is 1.36 bits per heavy atom. The summed E-state index contributed by atoms with van der Waals surface area (Å²) in [5, 5.41) is 17.9. The van der Waals surface area contributed by atoms with E-state index in [1.54, 1.807) is 17.7 Å². The normalized spacial score (nSPS) is 13.0. The average molecular weight is 385 g/mol. The summed E-state index contributed by atoms with van der Waals surface area (Å²) in [5.41, 5.74) is 4.52. The number of aliphatic hydroxyl groups excluding tert-OH is 1. The van der Waals surface area contributed by atoms with Crippen LogP contribution in [0.2, 0.25) is 0 Å². The lowest BCUT2D eigenvalue weighted by atomic mass is 10.1. The van der Waals surface area contributed by atoms with Crippen LogP contribution in [0, 0.1) is 6.92 Å². The van der Waals surface area contributed by atoms with Gasteiger partial charge in [0.25, 0.3) is 0 Å². The highest BCUT2D eigenvalue weighted by Crippen LogP contribution is 2.25. The number of halogens is 1. The summed E-state index contributed by atoms with van der Waals surface area (Å²) >= 11 is 0. The molecule has 0 aliphatic heterocycles. The molecule has 3 heterocycles. The minimum atomic E-state index is -0.435. The molecule has 0 amide bonds. The summed E-state index contributed by atoms with van der Waals surface area (Å²) in [6.07, 6.45) is 6.18. The van der Waals surface area contributed by atoms with Gasteiger partial charge in [-0.2, -0.15) is 0 Å². The number of aromatic nitrogens is 5. The van der Waals surface area contributed by atoms with Crippen molar-refractivity contribution < 1.29 is 9.50 Å². The molecular weight excluding hydrogens is 357 g/mol. The van der Waals surface area contributed by atoms with Crippen molar-refractivity contribution in [3.8, 4) is 11.3 Å². The second-order valence-corrected chi connectivity index (χ2v) is 6.65. The Morgan fingerprint density at radius 3 is 2.61 bits per heavy atom. The molecule has 7 heteroatoms. The van der Waals surface area contributed by atoms with Gasteiger partial charge in [-0.1, -0.05) is 18.2 Å². The summed E-state index contributed by atoms with van der Waals surface area (Å²) in [5.74, 6) is -0.255. The van der Waals surface area contributed by atoms with E-state index in [-0.39, 0.29) is 5.83 Å². The highest BCUT2D eigenvalue weighted by Gasteiger charge is 2.15. The van der Waals surface area contributed by atoms with E-state index in [0.717, 1.165) is 22.6 Å². The molecule has 0 saturated heterocycles. The standard InChI is InChI=1S/C18H22FN5O.C3H6/c1-5-16(12(3)19)24-13(4)18(21-22-24)14-6-7-17-20-15(8-11(2)25)10-23(17)9-14;1-3-2/h6-7,9-11,25H,5,8H2,1-4H3;3H,1H2,2H3/b16-12-;. The van der Waals surface area contributed by atoms with Gasteiger partial charge in [0.1, 0.15) is 17.2 Å². The number of nitrogens with zero attached hydrogens (tertiary/aromatic N) is 5. The molecule has 0 spiro atoms. The molecule has 1 atom stereocenters. The lowest BCUT2D eigenvalue weighted by Gasteiger charge is -2.07. The third-order valence-electron chi connectivity index (χ3n) is 4.16. The zero-order chi connectivity index (χ0) is 20.8. The van der Waals surface area contributed by atoms with Gasteiger partial charge in [-0.15, -0.1) is 11.7 Å². The third kappa shape index (κ3) is 4.72. The van der Waals surface area contributed by atoms with E-state index < -0.39 is 6.10 Å². The number of imidazole rings is 1. The molecule has 0 fully saturated rings. The highest BCUT2D eigenvalue weighted by atomic mass is 19.1. The summed E-state index contributed by atoms with van der Waals surface area (Å²) in [6, 6.07) is 3.82. The van der Waals surface area contributed by atoms with Crippen molar-refractivity contribution in [2.45, 2.75) is 53.6 Å². The fourth-order valence-corrected chi connectivity index (χ4v) is 2.98. The molecule has 150 valence electrons. The van der Waals surface area contributed by atoms with E-state index in [4.69, 9.17) is 0 Å². The van der Waals surface area contributed by atoms with Crippen molar-refractivity contribution in [2.75, 3.05) is 0 Å². The van der Waals surface area contributed by atoms with E-state index in [0.29, 0.717) is 24.2 Å². The fraction of sp³-hybridized carbons (Fsp3) is 0.381. The molecule has 28 heavy (non-hydrogen) atoms. The zero-order valence-electron chi connectivity index (χ0n) is 17.1. The topological polar surface area (TPSA) is 68.2 Å². The average Bonchev–Trinajstić information content (AvgIpc) is 3.18. The molecule has 0 aromatic carbocycles. The van der Waals surface area contributed by atoms with E-state index >= 15 is 0 Å². The first-order chi connectivity index (χ1) is 13.3. The second-order valence-electron chi connectivity index (χ2n) is 6.65. The van der Waals surface area contributed by atoms with Crippen LogP contribution in [0.1, 0.15) is 45.5 Å². The van der Waals surface area contributed by atoms with Crippen LogP contribution in [0.4, 0.5) is 4.39 Å². The predicted molar refractivity (Wildman–Crippen MR) is 110 cm³/mol. The quantitative estimate of drug-likeness (QED) is 0.653. The van der Waals surface area contributed by atoms with Gasteiger partial charge in [-0.05, 0) is 46.2 Å². The van der Waals surface area contributed by atoms with Gasteiger partial charge in [0.15, 0.2) is 0 Å². The van der Waals surface area contributed by atoms with Crippen molar-refractivity contribution in [3.05, 3.63) is 54.4 Å². The maximum absolute atomic E-state index is 13.7. The summed E-state index contributed by atoms with van der Waals surface area (Å²) in [4.78, 5) is 4.48. The van der Waals surface area contributed by atoms with E-state index in [1.165, 1.54) is 6.92 Å². The van der Waals surface area contributed by atoms with Gasteiger partial charge < -0.3 is 9.51 Å². The molecule has 3 rings (SSSR count). The molecule has 3 aromatic heterocycles. The van der Waals surface area contributed by atoms with Crippen LogP contribution in [0.15, 0.2) is 43.0 Å². The SMILES string of the molecule is C=CC.CC/C(=C(\C)F)n1nnc(-c2ccc3nc(CC(C)O)cn3c2)c1C. The number of allylic oxidation sites excluding steroid dienone is 3. The van der Waals surface area contributed by atoms with Crippen molar-refractivity contribution >= 4 is 11.3 Å². The Hall–Kier alpha value is -2.80. The number of hydrogen-bond acceptors (Lipinski definition) is 4. The van der Waals surface area contributed by atoms with Crippen LogP contribution in [-0.4, -0.2) is 35.6 Å². The van der Waals surface area contributed by atoms with Gasteiger partial charge in [0.2, 0.25) is 0 Å². The number of pyridine rings is 1. The van der Waals surface area contributed by atoms with Gasteiger partial charge in [-0.25, -0.2) is 14.1 Å². The molecule has 6 nitrogen and oxygen atoms in total. The molecule has 0 radical (unpaired) electrons. The number of hydrogen-bond donors (Lipinski definition) is 1. The molecule has 1 unspecified atom stereocenters. The summed E-state index contributed by atoms with van der Waals surface area (Å²) < 4.78 is 17.2. The van der Waals surface area contributed by atoms with Crippen LogP contribution >= 0.6 is 0 Å². The number of aliphatic hydroxyl groups is 1. The van der Waals surface area contributed by atoms with Crippen molar-refractivity contribution in [1.82, 2.24) is 24.4 Å². The predicted octanol–water partition coefficient (Wildman–Crippen LogP) is 4.58. The Balaban J connectivity index is 0.000000878. The first-order valence-electron chi connectivity index (χ1n) is 9.33. The zero-order valence-corrected chi connectivity index (χ0v) is 17.1. The van der Waals surface area contributed by atoms with Crippen molar-refractivity contribution in [1.29, 1.82) is 0 Å². The molecule has 0 bridgehead atoms. The van der Waals surface area contributed by atoms with Crippen LogP contribution in [0.25, 0.3) is 22.6 Å². The van der Waals surface area contributed by atoms with Gasteiger partial charge in [0, 0.05) is 24.4 Å². The van der Waals surface area contributed by atoms with E-state index in [1.807, 2.05) is 49.7 Å². The lowest BCUT2D eigenvalue weighted by Crippen LogP contribution is -2.03. The van der Waals surface area contributed by atoms with Crippen molar-refractivity contribution in [2.24, 2.45) is 0 Å². The van der Waals surface area contributed by atoms with Gasteiger partial charge in [-0.3, -0.25) is 0 Å². The molecular formula is C21H28FN5O. The Morgan fingerprint density at radius 2 is 2.04 bits per heavy atom. The number of rotatable bonds is 5. The molecule has 0 saturated carbocycles. The fourth-order valence-electron chi connectivity index (χ4n) is 2.98. The van der Waals surface area contributed by atoms with E-state index in [2.05, 4.69) is 21.9 Å².